The van der Waals surface area contributed by atoms with Crippen molar-refractivity contribution in [1.29, 1.82) is 0 Å². The largest absolute Gasteiger partial charge is 0.425 e. The van der Waals surface area contributed by atoms with Gasteiger partial charge in [0.15, 0.2) is 0 Å². The summed E-state index contributed by atoms with van der Waals surface area (Å²) in [5, 5.41) is 8.03. The molecule has 0 amide bonds. The standard InChI is InChI=1S/C10H18N2O/c1-5-6-7-8-11-12-9(13-8)10(2,3)4/h5-7H2,1-4H3. The van der Waals surface area contributed by atoms with Gasteiger partial charge in [0.25, 0.3) is 0 Å². The Morgan fingerprint density at radius 3 is 2.38 bits per heavy atom. The summed E-state index contributed by atoms with van der Waals surface area (Å²) < 4.78 is 5.53. The van der Waals surface area contributed by atoms with E-state index in [-0.39, 0.29) is 5.41 Å². The molecule has 0 N–H and O–H groups in total. The molecule has 3 nitrogen and oxygen atoms in total. The number of hydrogen-bond donors (Lipinski definition) is 0. The van der Waals surface area contributed by atoms with Crippen LogP contribution in [0.1, 0.15) is 52.3 Å². The minimum atomic E-state index is -0.0303. The Hall–Kier alpha value is -0.860. The average Bonchev–Trinajstić information content (AvgIpc) is 2.47. The van der Waals surface area contributed by atoms with Crippen molar-refractivity contribution < 1.29 is 4.42 Å². The van der Waals surface area contributed by atoms with E-state index >= 15 is 0 Å². The highest BCUT2D eigenvalue weighted by atomic mass is 16.4. The fourth-order valence-corrected chi connectivity index (χ4v) is 0.986. The van der Waals surface area contributed by atoms with Crippen molar-refractivity contribution >= 4 is 0 Å². The Bertz CT molecular complexity index is 260. The lowest BCUT2D eigenvalue weighted by Crippen LogP contribution is -2.11. The van der Waals surface area contributed by atoms with Crippen molar-refractivity contribution in [2.45, 2.75) is 52.4 Å². The number of unbranched alkanes of at least 4 members (excludes halogenated alkanes) is 1. The molecule has 0 aliphatic carbocycles. The zero-order valence-electron chi connectivity index (χ0n) is 8.92. The molecule has 0 fully saturated rings. The highest BCUT2D eigenvalue weighted by molar-refractivity contribution is 4.95. The van der Waals surface area contributed by atoms with Crippen LogP contribution in [-0.2, 0) is 11.8 Å². The first-order chi connectivity index (χ1) is 6.04. The Kier molecular flexibility index (Phi) is 3.07. The molecule has 0 atom stereocenters. The summed E-state index contributed by atoms with van der Waals surface area (Å²) >= 11 is 0. The molecule has 0 radical (unpaired) electrons. The van der Waals surface area contributed by atoms with Crippen LogP contribution in [0.4, 0.5) is 0 Å². The first-order valence-electron chi connectivity index (χ1n) is 4.87. The monoisotopic (exact) mass is 182 g/mol. The SMILES string of the molecule is CCCCc1nnc(C(C)(C)C)o1. The average molecular weight is 182 g/mol. The van der Waals surface area contributed by atoms with E-state index in [2.05, 4.69) is 37.9 Å². The summed E-state index contributed by atoms with van der Waals surface area (Å²) in [7, 11) is 0. The van der Waals surface area contributed by atoms with Crippen LogP contribution < -0.4 is 0 Å². The number of rotatable bonds is 3. The van der Waals surface area contributed by atoms with E-state index in [0.717, 1.165) is 31.0 Å². The van der Waals surface area contributed by atoms with Crippen LogP contribution in [0.25, 0.3) is 0 Å². The molecule has 74 valence electrons. The van der Waals surface area contributed by atoms with E-state index in [4.69, 9.17) is 4.42 Å². The molecule has 3 heteroatoms. The molecule has 0 saturated heterocycles. The molecule has 0 aromatic carbocycles. The van der Waals surface area contributed by atoms with Gasteiger partial charge in [0, 0.05) is 11.8 Å². The van der Waals surface area contributed by atoms with Gasteiger partial charge in [-0.05, 0) is 6.42 Å². The zero-order chi connectivity index (χ0) is 9.90. The van der Waals surface area contributed by atoms with Crippen LogP contribution in [0.15, 0.2) is 4.42 Å². The van der Waals surface area contributed by atoms with Gasteiger partial charge in [0.1, 0.15) is 0 Å². The van der Waals surface area contributed by atoms with Crippen molar-refractivity contribution in [3.05, 3.63) is 11.8 Å². The Balaban J connectivity index is 2.64. The molecule has 0 aliphatic heterocycles. The van der Waals surface area contributed by atoms with E-state index in [0.29, 0.717) is 0 Å². The molecule has 0 spiro atoms. The highest BCUT2D eigenvalue weighted by Crippen LogP contribution is 2.20. The Labute approximate surface area is 79.6 Å². The van der Waals surface area contributed by atoms with Crippen LogP contribution >= 0.6 is 0 Å². The number of aromatic nitrogens is 2. The van der Waals surface area contributed by atoms with Crippen LogP contribution in [0.2, 0.25) is 0 Å². The maximum atomic E-state index is 5.53. The molecular weight excluding hydrogens is 164 g/mol. The molecule has 1 aromatic heterocycles. The van der Waals surface area contributed by atoms with E-state index < -0.39 is 0 Å². The molecule has 1 heterocycles. The van der Waals surface area contributed by atoms with E-state index in [9.17, 15) is 0 Å². The van der Waals surface area contributed by atoms with Crippen LogP contribution in [0.3, 0.4) is 0 Å². The predicted octanol–water partition coefficient (Wildman–Crippen LogP) is 2.71. The van der Waals surface area contributed by atoms with Crippen LogP contribution in [0, 0.1) is 0 Å². The quantitative estimate of drug-likeness (QED) is 0.721. The summed E-state index contributed by atoms with van der Waals surface area (Å²) in [4.78, 5) is 0. The zero-order valence-corrected chi connectivity index (χ0v) is 8.92. The summed E-state index contributed by atoms with van der Waals surface area (Å²) in [5.41, 5.74) is -0.0303. The minimum absolute atomic E-state index is 0.0303. The van der Waals surface area contributed by atoms with Gasteiger partial charge in [-0.3, -0.25) is 0 Å². The van der Waals surface area contributed by atoms with Crippen molar-refractivity contribution in [3.8, 4) is 0 Å². The topological polar surface area (TPSA) is 38.9 Å². The lowest BCUT2D eigenvalue weighted by molar-refractivity contribution is 0.369. The lowest BCUT2D eigenvalue weighted by Gasteiger charge is -2.10. The molecule has 1 aromatic rings. The van der Waals surface area contributed by atoms with Crippen LogP contribution in [-0.4, -0.2) is 10.2 Å². The highest BCUT2D eigenvalue weighted by Gasteiger charge is 2.20. The van der Waals surface area contributed by atoms with Crippen LogP contribution in [0.5, 0.6) is 0 Å². The minimum Gasteiger partial charge on any atom is -0.425 e. The third-order valence-electron chi connectivity index (χ3n) is 1.85. The van der Waals surface area contributed by atoms with E-state index in [1.165, 1.54) is 0 Å². The molecule has 1 rings (SSSR count). The van der Waals surface area contributed by atoms with Gasteiger partial charge in [-0.25, -0.2) is 0 Å². The smallest absolute Gasteiger partial charge is 0.221 e. The van der Waals surface area contributed by atoms with Gasteiger partial charge in [0.2, 0.25) is 11.8 Å². The maximum Gasteiger partial charge on any atom is 0.221 e. The maximum absolute atomic E-state index is 5.53. The summed E-state index contributed by atoms with van der Waals surface area (Å²) in [6, 6.07) is 0. The number of aryl methyl sites for hydroxylation is 1. The second-order valence-corrected chi connectivity index (χ2v) is 4.35. The van der Waals surface area contributed by atoms with E-state index in [1.807, 2.05) is 0 Å². The predicted molar refractivity (Wildman–Crippen MR) is 51.6 cm³/mol. The summed E-state index contributed by atoms with van der Waals surface area (Å²) in [6.07, 6.45) is 3.18. The normalized spacial score (nSPS) is 12.0. The molecule has 0 aliphatic rings. The van der Waals surface area contributed by atoms with Gasteiger partial charge >= 0.3 is 0 Å². The third-order valence-corrected chi connectivity index (χ3v) is 1.85. The van der Waals surface area contributed by atoms with Gasteiger partial charge < -0.3 is 4.42 Å². The molecular formula is C10H18N2O. The summed E-state index contributed by atoms with van der Waals surface area (Å²) in [6.45, 7) is 8.37. The molecule has 0 bridgehead atoms. The van der Waals surface area contributed by atoms with Crippen molar-refractivity contribution in [2.75, 3.05) is 0 Å². The number of nitrogens with zero attached hydrogens (tertiary/aromatic N) is 2. The third kappa shape index (κ3) is 2.83. The Morgan fingerprint density at radius 2 is 1.92 bits per heavy atom. The molecule has 13 heavy (non-hydrogen) atoms. The van der Waals surface area contributed by atoms with Crippen molar-refractivity contribution in [2.24, 2.45) is 0 Å². The fraction of sp³-hybridized carbons (Fsp3) is 0.800. The Morgan fingerprint density at radius 1 is 1.23 bits per heavy atom. The molecule has 0 unspecified atom stereocenters. The van der Waals surface area contributed by atoms with Crippen molar-refractivity contribution in [1.82, 2.24) is 10.2 Å². The first kappa shape index (κ1) is 10.2. The van der Waals surface area contributed by atoms with Gasteiger partial charge in [0.05, 0.1) is 0 Å². The molecule has 0 saturated carbocycles. The fourth-order valence-electron chi connectivity index (χ4n) is 0.986. The van der Waals surface area contributed by atoms with Gasteiger partial charge in [-0.15, -0.1) is 10.2 Å². The second kappa shape index (κ2) is 3.90. The van der Waals surface area contributed by atoms with Crippen molar-refractivity contribution in [3.63, 3.8) is 0 Å². The lowest BCUT2D eigenvalue weighted by atomic mass is 9.97. The number of hydrogen-bond acceptors (Lipinski definition) is 3. The first-order valence-corrected chi connectivity index (χ1v) is 4.87. The van der Waals surface area contributed by atoms with E-state index in [1.54, 1.807) is 0 Å². The van der Waals surface area contributed by atoms with Gasteiger partial charge in [-0.2, -0.15) is 0 Å². The summed E-state index contributed by atoms with van der Waals surface area (Å²) in [5.74, 6) is 1.50. The second-order valence-electron chi connectivity index (χ2n) is 4.35. The van der Waals surface area contributed by atoms with Gasteiger partial charge in [-0.1, -0.05) is 34.1 Å².